The molecule has 1 saturated heterocycles. The summed E-state index contributed by atoms with van der Waals surface area (Å²) in [5.74, 6) is 0. The molecule has 0 saturated carbocycles. The molecule has 1 fully saturated rings. The summed E-state index contributed by atoms with van der Waals surface area (Å²) in [5.41, 5.74) is 5.15. The third-order valence-corrected chi connectivity index (χ3v) is 4.71. The molecular weight excluding hydrogens is 242 g/mol. The fourth-order valence-electron chi connectivity index (χ4n) is 1.94. The lowest BCUT2D eigenvalue weighted by Gasteiger charge is -2.29. The number of aromatic amines is 1. The van der Waals surface area contributed by atoms with Crippen molar-refractivity contribution in [2.24, 2.45) is 5.73 Å². The van der Waals surface area contributed by atoms with Gasteiger partial charge in [0.2, 0.25) is 10.0 Å². The van der Waals surface area contributed by atoms with Crippen molar-refractivity contribution in [1.82, 2.24) is 9.29 Å². The molecule has 1 aromatic heterocycles. The van der Waals surface area contributed by atoms with E-state index in [2.05, 4.69) is 4.98 Å². The average molecular weight is 257 g/mol. The van der Waals surface area contributed by atoms with Crippen LogP contribution in [0.4, 0.5) is 0 Å². The van der Waals surface area contributed by atoms with E-state index >= 15 is 0 Å². The van der Waals surface area contributed by atoms with Crippen molar-refractivity contribution in [1.29, 1.82) is 0 Å². The molecule has 7 heteroatoms. The van der Waals surface area contributed by atoms with E-state index in [1.54, 1.807) is 0 Å². The van der Waals surface area contributed by atoms with Crippen LogP contribution in [0.25, 0.3) is 0 Å². The molecule has 2 rings (SSSR count). The van der Waals surface area contributed by atoms with E-state index in [9.17, 15) is 13.2 Å². The molecule has 1 aromatic rings. The highest BCUT2D eigenvalue weighted by atomic mass is 32.2. The van der Waals surface area contributed by atoms with E-state index < -0.39 is 15.6 Å². The topological polar surface area (TPSA) is 96.3 Å². The highest BCUT2D eigenvalue weighted by Crippen LogP contribution is 2.17. The Morgan fingerprint density at radius 3 is 2.88 bits per heavy atom. The van der Waals surface area contributed by atoms with Crippen LogP contribution >= 0.6 is 0 Å². The van der Waals surface area contributed by atoms with Crippen LogP contribution in [-0.4, -0.2) is 36.8 Å². The van der Waals surface area contributed by atoms with Crippen LogP contribution in [0.3, 0.4) is 0 Å². The van der Waals surface area contributed by atoms with Crippen LogP contribution < -0.4 is 11.3 Å². The van der Waals surface area contributed by atoms with Gasteiger partial charge < -0.3 is 10.7 Å². The SMILES string of the molecule is NC1CCCN(S(=O)(=O)c2ccc[nH]c2=O)C1. The molecule has 17 heavy (non-hydrogen) atoms. The first-order valence-corrected chi connectivity index (χ1v) is 6.89. The Labute approximate surface area is 99.5 Å². The molecule has 0 aromatic carbocycles. The molecule has 0 spiro atoms. The largest absolute Gasteiger partial charge is 0.328 e. The van der Waals surface area contributed by atoms with E-state index in [-0.39, 0.29) is 17.5 Å². The quantitative estimate of drug-likeness (QED) is 0.745. The van der Waals surface area contributed by atoms with Crippen molar-refractivity contribution in [3.63, 3.8) is 0 Å². The van der Waals surface area contributed by atoms with Gasteiger partial charge in [-0.05, 0) is 25.0 Å². The Kier molecular flexibility index (Phi) is 3.32. The van der Waals surface area contributed by atoms with Gasteiger partial charge in [0.05, 0.1) is 0 Å². The standard InChI is InChI=1S/C10H15N3O3S/c11-8-3-2-6-13(7-8)17(15,16)9-4-1-5-12-10(9)14/h1,4-5,8H,2-3,6-7,11H2,(H,12,14). The predicted molar refractivity (Wildman–Crippen MR) is 63.0 cm³/mol. The first-order valence-electron chi connectivity index (χ1n) is 5.45. The van der Waals surface area contributed by atoms with Gasteiger partial charge >= 0.3 is 0 Å². The summed E-state index contributed by atoms with van der Waals surface area (Å²) in [6.07, 6.45) is 2.95. The maximum absolute atomic E-state index is 12.2. The summed E-state index contributed by atoms with van der Waals surface area (Å²) in [6, 6.07) is 2.66. The van der Waals surface area contributed by atoms with Gasteiger partial charge in [0, 0.05) is 25.3 Å². The summed E-state index contributed by atoms with van der Waals surface area (Å²) in [6.45, 7) is 0.695. The minimum atomic E-state index is -3.72. The Balaban J connectivity index is 2.37. The summed E-state index contributed by atoms with van der Waals surface area (Å²) >= 11 is 0. The third-order valence-electron chi connectivity index (χ3n) is 2.82. The van der Waals surface area contributed by atoms with Crippen LogP contribution in [-0.2, 0) is 10.0 Å². The molecular formula is C10H15N3O3S. The van der Waals surface area contributed by atoms with Gasteiger partial charge in [-0.15, -0.1) is 0 Å². The second-order valence-corrected chi connectivity index (χ2v) is 6.04. The molecule has 3 N–H and O–H groups in total. The first kappa shape index (κ1) is 12.3. The second kappa shape index (κ2) is 4.59. The predicted octanol–water partition coefficient (Wildman–Crippen LogP) is -0.513. The molecule has 94 valence electrons. The number of nitrogens with zero attached hydrogens (tertiary/aromatic N) is 1. The second-order valence-electron chi connectivity index (χ2n) is 4.13. The number of nitrogens with two attached hydrogens (primary N) is 1. The lowest BCUT2D eigenvalue weighted by atomic mass is 10.1. The molecule has 1 aliphatic rings. The molecule has 1 aliphatic heterocycles. The van der Waals surface area contributed by atoms with Gasteiger partial charge in [0.25, 0.3) is 5.56 Å². The van der Waals surface area contributed by atoms with E-state index in [0.717, 1.165) is 12.8 Å². The van der Waals surface area contributed by atoms with Crippen LogP contribution in [0.2, 0.25) is 0 Å². The minimum Gasteiger partial charge on any atom is -0.328 e. The van der Waals surface area contributed by atoms with Gasteiger partial charge in [-0.2, -0.15) is 4.31 Å². The van der Waals surface area contributed by atoms with Gasteiger partial charge in [-0.3, -0.25) is 4.79 Å². The first-order chi connectivity index (χ1) is 8.01. The Morgan fingerprint density at radius 1 is 1.47 bits per heavy atom. The summed E-state index contributed by atoms with van der Waals surface area (Å²) in [4.78, 5) is 13.6. The van der Waals surface area contributed by atoms with Crippen molar-refractivity contribution in [3.05, 3.63) is 28.7 Å². The lowest BCUT2D eigenvalue weighted by Crippen LogP contribution is -2.46. The van der Waals surface area contributed by atoms with Crippen molar-refractivity contribution < 1.29 is 8.42 Å². The van der Waals surface area contributed by atoms with Crippen LogP contribution in [0.5, 0.6) is 0 Å². The van der Waals surface area contributed by atoms with Gasteiger partial charge in [-0.1, -0.05) is 0 Å². The maximum atomic E-state index is 12.2. The Morgan fingerprint density at radius 2 is 2.24 bits per heavy atom. The minimum absolute atomic E-state index is 0.152. The number of sulfonamides is 1. The normalized spacial score (nSPS) is 22.5. The van der Waals surface area contributed by atoms with Crippen molar-refractivity contribution in [2.75, 3.05) is 13.1 Å². The zero-order valence-electron chi connectivity index (χ0n) is 9.30. The highest BCUT2D eigenvalue weighted by molar-refractivity contribution is 7.89. The monoisotopic (exact) mass is 257 g/mol. The molecule has 0 aliphatic carbocycles. The number of pyridine rings is 1. The average Bonchev–Trinajstić information content (AvgIpc) is 2.29. The number of hydrogen-bond donors (Lipinski definition) is 2. The van der Waals surface area contributed by atoms with Crippen LogP contribution in [0.1, 0.15) is 12.8 Å². The smallest absolute Gasteiger partial charge is 0.268 e. The van der Waals surface area contributed by atoms with Crippen molar-refractivity contribution in [2.45, 2.75) is 23.8 Å². The summed E-state index contributed by atoms with van der Waals surface area (Å²) < 4.78 is 25.7. The zero-order valence-corrected chi connectivity index (χ0v) is 10.1. The van der Waals surface area contributed by atoms with E-state index in [0.29, 0.717) is 6.54 Å². The maximum Gasteiger partial charge on any atom is 0.268 e. The summed E-state index contributed by atoms with van der Waals surface area (Å²) in [5, 5.41) is 0. The number of H-pyrrole nitrogens is 1. The third kappa shape index (κ3) is 2.41. The lowest BCUT2D eigenvalue weighted by molar-refractivity contribution is 0.316. The fourth-order valence-corrected chi connectivity index (χ4v) is 3.52. The molecule has 1 unspecified atom stereocenters. The number of hydrogen-bond acceptors (Lipinski definition) is 4. The summed E-state index contributed by atoms with van der Waals surface area (Å²) in [7, 11) is -3.72. The van der Waals surface area contributed by atoms with Crippen LogP contribution in [0.15, 0.2) is 28.0 Å². The highest BCUT2D eigenvalue weighted by Gasteiger charge is 2.30. The number of piperidine rings is 1. The number of aromatic nitrogens is 1. The number of rotatable bonds is 2. The molecule has 0 amide bonds. The van der Waals surface area contributed by atoms with Crippen LogP contribution in [0, 0.1) is 0 Å². The van der Waals surface area contributed by atoms with Gasteiger partial charge in [0.15, 0.2) is 0 Å². The zero-order chi connectivity index (χ0) is 12.5. The van der Waals surface area contributed by atoms with Gasteiger partial charge in [-0.25, -0.2) is 8.42 Å². The van der Waals surface area contributed by atoms with Gasteiger partial charge in [0.1, 0.15) is 4.90 Å². The molecule has 2 heterocycles. The van der Waals surface area contributed by atoms with E-state index in [4.69, 9.17) is 5.73 Å². The molecule has 6 nitrogen and oxygen atoms in total. The number of nitrogens with one attached hydrogen (secondary N) is 1. The molecule has 0 radical (unpaired) electrons. The van der Waals surface area contributed by atoms with E-state index in [1.807, 2.05) is 0 Å². The fraction of sp³-hybridized carbons (Fsp3) is 0.500. The Hall–Kier alpha value is -1.18. The molecule has 0 bridgehead atoms. The Bertz CT molecular complexity index is 552. The molecule has 1 atom stereocenters. The van der Waals surface area contributed by atoms with Crippen molar-refractivity contribution in [3.8, 4) is 0 Å². The van der Waals surface area contributed by atoms with Crippen molar-refractivity contribution >= 4 is 10.0 Å². The van der Waals surface area contributed by atoms with E-state index in [1.165, 1.54) is 22.6 Å².